The van der Waals surface area contributed by atoms with Crippen molar-refractivity contribution in [2.45, 2.75) is 20.8 Å². The van der Waals surface area contributed by atoms with Gasteiger partial charge in [0.05, 0.1) is 0 Å². The summed E-state index contributed by atoms with van der Waals surface area (Å²) >= 11 is 0. The zero-order valence-electron chi connectivity index (χ0n) is 19.6. The van der Waals surface area contributed by atoms with Gasteiger partial charge in [0, 0.05) is 0 Å². The molecule has 0 saturated heterocycles. The molecule has 6 rings (SSSR count). The van der Waals surface area contributed by atoms with Gasteiger partial charge in [-0.15, -0.1) is 0 Å². The van der Waals surface area contributed by atoms with Gasteiger partial charge in [-0.3, -0.25) is 0 Å². The Labute approximate surface area is 197 Å². The Morgan fingerprint density at radius 3 is 1.48 bits per heavy atom. The van der Waals surface area contributed by atoms with Crippen molar-refractivity contribution in [2.75, 3.05) is 0 Å². The second-order valence-corrected chi connectivity index (χ2v) is 8.41. The van der Waals surface area contributed by atoms with Crippen LogP contribution in [0.25, 0.3) is 32.3 Å². The molecule has 0 unspecified atom stereocenters. The van der Waals surface area contributed by atoms with Crippen molar-refractivity contribution in [2.24, 2.45) is 0 Å². The standard InChI is InChI=1S/C15H12.C11H10.C7H8/c1-11-10-12-6-2-3-8-14(12)15-9-5-4-7-13(11)15;1-9-5-4-7-10-6-2-3-8-11(9)10;1-7-5-3-2-4-6-7/h2-10H,1H3;2-8H,1H3;2-6H,1H3. The highest BCUT2D eigenvalue weighted by atomic mass is 14.1. The lowest BCUT2D eigenvalue weighted by molar-refractivity contribution is 1.48. The van der Waals surface area contributed by atoms with Gasteiger partial charge >= 0.3 is 0 Å². The van der Waals surface area contributed by atoms with Crippen LogP contribution in [0.4, 0.5) is 0 Å². The zero-order chi connectivity index (χ0) is 23.0. The quantitative estimate of drug-likeness (QED) is 0.212. The molecule has 0 aromatic heterocycles. The summed E-state index contributed by atoms with van der Waals surface area (Å²) in [6.45, 7) is 6.40. The van der Waals surface area contributed by atoms with Crippen LogP contribution in [0.5, 0.6) is 0 Å². The molecule has 0 N–H and O–H groups in total. The molecule has 0 saturated carbocycles. The number of benzene rings is 6. The van der Waals surface area contributed by atoms with E-state index in [1.165, 1.54) is 49.0 Å². The van der Waals surface area contributed by atoms with Crippen LogP contribution in [-0.2, 0) is 0 Å². The minimum atomic E-state index is 1.32. The third-order valence-electron chi connectivity index (χ3n) is 5.92. The molecule has 0 nitrogen and oxygen atoms in total. The SMILES string of the molecule is Cc1cc2ccccc2c2ccccc12.Cc1cccc2ccccc12.Cc1ccccc1. The second-order valence-electron chi connectivity index (χ2n) is 8.41. The van der Waals surface area contributed by atoms with Gasteiger partial charge in [0.1, 0.15) is 0 Å². The van der Waals surface area contributed by atoms with E-state index < -0.39 is 0 Å². The van der Waals surface area contributed by atoms with Gasteiger partial charge in [-0.2, -0.15) is 0 Å². The third-order valence-corrected chi connectivity index (χ3v) is 5.92. The van der Waals surface area contributed by atoms with E-state index in [1.54, 1.807) is 0 Å². The van der Waals surface area contributed by atoms with Crippen molar-refractivity contribution in [1.82, 2.24) is 0 Å². The van der Waals surface area contributed by atoms with Crippen molar-refractivity contribution < 1.29 is 0 Å². The van der Waals surface area contributed by atoms with E-state index in [4.69, 9.17) is 0 Å². The molecule has 0 heterocycles. The first kappa shape index (κ1) is 22.3. The normalized spacial score (nSPS) is 10.3. The molecule has 6 aromatic carbocycles. The number of rotatable bonds is 0. The van der Waals surface area contributed by atoms with E-state index in [1.807, 2.05) is 18.2 Å². The van der Waals surface area contributed by atoms with Crippen molar-refractivity contribution in [1.29, 1.82) is 0 Å². The number of aryl methyl sites for hydroxylation is 3. The van der Waals surface area contributed by atoms with Gasteiger partial charge < -0.3 is 0 Å². The average Bonchev–Trinajstić information content (AvgIpc) is 2.86. The molecule has 0 amide bonds. The Hall–Kier alpha value is -3.90. The van der Waals surface area contributed by atoms with Crippen LogP contribution in [0.1, 0.15) is 16.7 Å². The van der Waals surface area contributed by atoms with Crippen molar-refractivity contribution in [3.8, 4) is 0 Å². The highest BCUT2D eigenvalue weighted by molar-refractivity contribution is 6.08. The van der Waals surface area contributed by atoms with Gasteiger partial charge in [0.25, 0.3) is 0 Å². The first-order valence-electron chi connectivity index (χ1n) is 11.5. The smallest absolute Gasteiger partial charge is 0.0103 e. The van der Waals surface area contributed by atoms with Crippen LogP contribution in [0, 0.1) is 20.8 Å². The topological polar surface area (TPSA) is 0 Å². The van der Waals surface area contributed by atoms with Gasteiger partial charge in [-0.05, 0) is 64.2 Å². The van der Waals surface area contributed by atoms with E-state index in [9.17, 15) is 0 Å². The number of hydrogen-bond donors (Lipinski definition) is 0. The molecule has 0 aliphatic rings. The molecule has 0 spiro atoms. The summed E-state index contributed by atoms with van der Waals surface area (Å²) in [6, 6.07) is 44.5. The number of hydrogen-bond acceptors (Lipinski definition) is 0. The Morgan fingerprint density at radius 1 is 0.333 bits per heavy atom. The molecule has 162 valence electrons. The largest absolute Gasteiger partial charge is 0.0622 e. The summed E-state index contributed by atoms with van der Waals surface area (Å²) in [7, 11) is 0. The van der Waals surface area contributed by atoms with E-state index in [0.717, 1.165) is 0 Å². The predicted octanol–water partition coefficient (Wildman–Crippen LogP) is 9.44. The first-order chi connectivity index (χ1) is 16.1. The van der Waals surface area contributed by atoms with Gasteiger partial charge in [0.15, 0.2) is 0 Å². The van der Waals surface area contributed by atoms with Crippen LogP contribution in [0.3, 0.4) is 0 Å². The minimum Gasteiger partial charge on any atom is -0.0622 e. The lowest BCUT2D eigenvalue weighted by Gasteiger charge is -2.06. The zero-order valence-corrected chi connectivity index (χ0v) is 19.6. The summed E-state index contributed by atoms with van der Waals surface area (Å²) in [4.78, 5) is 0. The van der Waals surface area contributed by atoms with E-state index in [-0.39, 0.29) is 0 Å². The highest BCUT2D eigenvalue weighted by Crippen LogP contribution is 2.27. The predicted molar refractivity (Wildman–Crippen MR) is 146 cm³/mol. The van der Waals surface area contributed by atoms with Gasteiger partial charge in [-0.25, -0.2) is 0 Å². The molecule has 0 aliphatic carbocycles. The molecule has 0 atom stereocenters. The molecule has 0 radical (unpaired) electrons. The van der Waals surface area contributed by atoms with Crippen LogP contribution >= 0.6 is 0 Å². The summed E-state index contributed by atoms with van der Waals surface area (Å²) in [5, 5.41) is 8.07. The third kappa shape index (κ3) is 5.48. The Balaban J connectivity index is 0.000000127. The molecule has 0 heteroatoms. The average molecular weight is 427 g/mol. The fourth-order valence-corrected chi connectivity index (χ4v) is 4.16. The summed E-state index contributed by atoms with van der Waals surface area (Å²) in [5.74, 6) is 0. The van der Waals surface area contributed by atoms with Gasteiger partial charge in [-0.1, -0.05) is 133 Å². The molecule has 0 fully saturated rings. The fraction of sp³-hybridized carbons (Fsp3) is 0.0909. The Kier molecular flexibility index (Phi) is 7.17. The van der Waals surface area contributed by atoms with Crippen molar-refractivity contribution >= 4 is 32.3 Å². The van der Waals surface area contributed by atoms with Gasteiger partial charge in [0.2, 0.25) is 0 Å². The van der Waals surface area contributed by atoms with E-state index in [0.29, 0.717) is 0 Å². The van der Waals surface area contributed by atoms with E-state index in [2.05, 4.69) is 130 Å². The second kappa shape index (κ2) is 10.6. The number of fused-ring (bicyclic) bond motifs is 4. The van der Waals surface area contributed by atoms with Crippen LogP contribution in [0.2, 0.25) is 0 Å². The van der Waals surface area contributed by atoms with E-state index >= 15 is 0 Å². The first-order valence-corrected chi connectivity index (χ1v) is 11.5. The monoisotopic (exact) mass is 426 g/mol. The Bertz CT molecular complexity index is 1470. The maximum absolute atomic E-state index is 2.26. The summed E-state index contributed by atoms with van der Waals surface area (Å²) in [5.41, 5.74) is 4.02. The molecule has 0 aliphatic heterocycles. The fourth-order valence-electron chi connectivity index (χ4n) is 4.16. The van der Waals surface area contributed by atoms with Crippen molar-refractivity contribution in [3.05, 3.63) is 144 Å². The van der Waals surface area contributed by atoms with Crippen LogP contribution in [-0.4, -0.2) is 0 Å². The van der Waals surface area contributed by atoms with Crippen LogP contribution < -0.4 is 0 Å². The summed E-state index contributed by atoms with van der Waals surface area (Å²) < 4.78 is 0. The molecule has 6 aromatic rings. The highest BCUT2D eigenvalue weighted by Gasteiger charge is 2.01. The molecule has 33 heavy (non-hydrogen) atoms. The van der Waals surface area contributed by atoms with Crippen LogP contribution in [0.15, 0.2) is 127 Å². The molecular weight excluding hydrogens is 396 g/mol. The lowest BCUT2D eigenvalue weighted by atomic mass is 9.98. The maximum Gasteiger partial charge on any atom is -0.0103 e. The lowest BCUT2D eigenvalue weighted by Crippen LogP contribution is -1.81. The maximum atomic E-state index is 2.26. The summed E-state index contributed by atoms with van der Waals surface area (Å²) in [6.07, 6.45) is 0. The molecular formula is C33H30. The minimum absolute atomic E-state index is 1.32. The van der Waals surface area contributed by atoms with Crippen molar-refractivity contribution in [3.63, 3.8) is 0 Å². The molecule has 0 bridgehead atoms. The Morgan fingerprint density at radius 2 is 0.848 bits per heavy atom.